The predicted molar refractivity (Wildman–Crippen MR) is 132 cm³/mol. The lowest BCUT2D eigenvalue weighted by Gasteiger charge is -2.69. The molecule has 4 fully saturated rings. The number of fused-ring (bicyclic) bond motifs is 7. The summed E-state index contributed by atoms with van der Waals surface area (Å²) in [6, 6.07) is 0. The van der Waals surface area contributed by atoms with E-state index in [2.05, 4.69) is 41.5 Å². The van der Waals surface area contributed by atoms with E-state index in [1.54, 1.807) is 0 Å². The number of aliphatic carboxylic acids is 1. The van der Waals surface area contributed by atoms with Gasteiger partial charge in [0.1, 0.15) is 5.78 Å². The number of hydrogen-bond acceptors (Lipinski definition) is 3. The minimum Gasteiger partial charge on any atom is -0.481 e. The molecule has 0 aromatic heterocycles. The Kier molecular flexibility index (Phi) is 4.89. The quantitative estimate of drug-likeness (QED) is 0.469. The van der Waals surface area contributed by atoms with Crippen LogP contribution in [0, 0.1) is 50.2 Å². The van der Waals surface area contributed by atoms with E-state index in [0.717, 1.165) is 44.9 Å². The lowest BCUT2D eigenvalue weighted by Crippen LogP contribution is -2.66. The van der Waals surface area contributed by atoms with Crippen molar-refractivity contribution in [2.75, 3.05) is 0 Å². The third-order valence-electron chi connectivity index (χ3n) is 12.8. The van der Waals surface area contributed by atoms with Gasteiger partial charge in [-0.25, -0.2) is 0 Å². The molecule has 34 heavy (non-hydrogen) atoms. The van der Waals surface area contributed by atoms with Gasteiger partial charge in [0, 0.05) is 17.8 Å². The van der Waals surface area contributed by atoms with Crippen molar-refractivity contribution in [2.24, 2.45) is 50.2 Å². The molecule has 8 atom stereocenters. The number of Topliss-reactive ketones (excluding diaryl/α,β-unsaturated/α-hetero) is 1. The summed E-state index contributed by atoms with van der Waals surface area (Å²) in [5.41, 5.74) is -0.205. The van der Waals surface area contributed by atoms with Crippen molar-refractivity contribution in [3.63, 3.8) is 0 Å². The van der Waals surface area contributed by atoms with Gasteiger partial charge in [0.2, 0.25) is 0 Å². The van der Waals surface area contributed by atoms with Crippen LogP contribution in [-0.4, -0.2) is 22.6 Å². The van der Waals surface area contributed by atoms with Crippen LogP contribution in [0.5, 0.6) is 0 Å². The van der Waals surface area contributed by atoms with Crippen LogP contribution in [0.4, 0.5) is 0 Å². The number of carbonyl (C=O) groups is 3. The number of hydrogen-bond donors (Lipinski definition) is 1. The number of carboxylic acid groups (broad SMARTS) is 1. The fourth-order valence-electron chi connectivity index (χ4n) is 10.2. The fraction of sp³-hybridized carbons (Fsp3) is 0.833. The van der Waals surface area contributed by atoms with Gasteiger partial charge in [-0.15, -0.1) is 0 Å². The molecular formula is C30H44O4. The number of allylic oxidation sites excluding steroid dienone is 2. The van der Waals surface area contributed by atoms with Crippen LogP contribution in [0.2, 0.25) is 0 Å². The van der Waals surface area contributed by atoms with E-state index in [9.17, 15) is 19.5 Å². The molecule has 5 aliphatic rings. The van der Waals surface area contributed by atoms with Gasteiger partial charge in [0.15, 0.2) is 5.78 Å². The summed E-state index contributed by atoms with van der Waals surface area (Å²) >= 11 is 0. The Morgan fingerprint density at radius 1 is 0.912 bits per heavy atom. The summed E-state index contributed by atoms with van der Waals surface area (Å²) in [4.78, 5) is 39.3. The molecule has 0 unspecified atom stereocenters. The minimum atomic E-state index is -0.721. The smallest absolute Gasteiger partial charge is 0.309 e. The Labute approximate surface area is 205 Å². The maximum atomic E-state index is 14.2. The lowest BCUT2D eigenvalue weighted by molar-refractivity contribution is -0.188. The molecule has 0 aliphatic heterocycles. The molecule has 0 bridgehead atoms. The minimum absolute atomic E-state index is 0.0707. The van der Waals surface area contributed by atoms with Gasteiger partial charge in [-0.1, -0.05) is 47.1 Å². The molecule has 5 rings (SSSR count). The van der Waals surface area contributed by atoms with E-state index in [1.165, 1.54) is 5.57 Å². The normalized spacial score (nSPS) is 52.0. The summed E-state index contributed by atoms with van der Waals surface area (Å²) in [5, 5.41) is 10.0. The molecule has 0 saturated heterocycles. The van der Waals surface area contributed by atoms with Gasteiger partial charge < -0.3 is 5.11 Å². The Balaban J connectivity index is 1.63. The van der Waals surface area contributed by atoms with Gasteiger partial charge in [-0.2, -0.15) is 0 Å². The maximum Gasteiger partial charge on any atom is 0.309 e. The van der Waals surface area contributed by atoms with Crippen LogP contribution in [0.15, 0.2) is 11.6 Å². The van der Waals surface area contributed by atoms with Gasteiger partial charge in [-0.3, -0.25) is 14.4 Å². The SMILES string of the molecule is CC1(C)C(=O)CC[C@@]2(C)[C@@H]1CC[C@]1(C)[C@@H]2C(=O)C=C2[C@H]3C[C@@](C)(C(=O)O)CC[C@]3(C)CC[C@]21C. The third-order valence-corrected chi connectivity index (χ3v) is 12.8. The Morgan fingerprint density at radius 3 is 2.21 bits per heavy atom. The average Bonchev–Trinajstić information content (AvgIpc) is 2.73. The standard InChI is InChI=1S/C30H44O4/c1-25(2)21-8-11-30(7)23(28(21,5)10-9-22(25)32)20(31)16-18-19-17-27(4,24(33)34)13-12-26(19,3)14-15-29(18,30)6/h16,19,21,23H,8-15,17H2,1-7H3,(H,33,34)/t19-,21-,23-,26-,27+,28+,29-,30-/m1/s1. The summed E-state index contributed by atoms with van der Waals surface area (Å²) in [6.45, 7) is 15.5. The zero-order valence-corrected chi connectivity index (χ0v) is 22.3. The van der Waals surface area contributed by atoms with E-state index in [4.69, 9.17) is 0 Å². The second kappa shape index (κ2) is 6.85. The molecule has 0 spiro atoms. The molecule has 5 aliphatic carbocycles. The summed E-state index contributed by atoms with van der Waals surface area (Å²) in [6.07, 6.45) is 9.78. The zero-order chi connectivity index (χ0) is 25.1. The first kappa shape index (κ1) is 24.3. The van der Waals surface area contributed by atoms with Gasteiger partial charge in [-0.05, 0) is 97.9 Å². The summed E-state index contributed by atoms with van der Waals surface area (Å²) < 4.78 is 0. The van der Waals surface area contributed by atoms with Crippen LogP contribution >= 0.6 is 0 Å². The number of ketones is 2. The predicted octanol–water partition coefficient (Wildman–Crippen LogP) is 6.62. The molecule has 0 aromatic rings. The van der Waals surface area contributed by atoms with Crippen LogP contribution in [0.3, 0.4) is 0 Å². The van der Waals surface area contributed by atoms with E-state index in [0.29, 0.717) is 18.6 Å². The molecule has 4 nitrogen and oxygen atoms in total. The summed E-state index contributed by atoms with van der Waals surface area (Å²) in [7, 11) is 0. The second-order valence-corrected chi connectivity index (χ2v) is 14.7. The zero-order valence-electron chi connectivity index (χ0n) is 22.3. The van der Waals surface area contributed by atoms with Crippen LogP contribution in [-0.2, 0) is 14.4 Å². The average molecular weight is 469 g/mol. The van der Waals surface area contributed by atoms with Gasteiger partial charge in [0.05, 0.1) is 5.41 Å². The number of rotatable bonds is 1. The van der Waals surface area contributed by atoms with Crippen molar-refractivity contribution in [1.29, 1.82) is 0 Å². The molecular weight excluding hydrogens is 424 g/mol. The first-order valence-corrected chi connectivity index (χ1v) is 13.6. The van der Waals surface area contributed by atoms with Gasteiger partial charge in [0.25, 0.3) is 0 Å². The second-order valence-electron chi connectivity index (χ2n) is 14.7. The number of carboxylic acids is 1. The highest BCUT2D eigenvalue weighted by Crippen LogP contribution is 2.74. The molecule has 0 amide bonds. The third kappa shape index (κ3) is 2.75. The Hall–Kier alpha value is -1.45. The highest BCUT2D eigenvalue weighted by atomic mass is 16.4. The summed E-state index contributed by atoms with van der Waals surface area (Å²) in [5.74, 6) is 0.222. The number of carbonyl (C=O) groups excluding carboxylic acids is 2. The molecule has 0 heterocycles. The van der Waals surface area contributed by atoms with E-state index >= 15 is 0 Å². The largest absolute Gasteiger partial charge is 0.481 e. The van der Waals surface area contributed by atoms with E-state index < -0.39 is 11.4 Å². The van der Waals surface area contributed by atoms with Crippen molar-refractivity contribution >= 4 is 17.5 Å². The topological polar surface area (TPSA) is 71.4 Å². The Morgan fingerprint density at radius 2 is 1.56 bits per heavy atom. The van der Waals surface area contributed by atoms with Crippen LogP contribution in [0.1, 0.15) is 106 Å². The van der Waals surface area contributed by atoms with E-state index in [1.807, 2.05) is 13.0 Å². The first-order valence-electron chi connectivity index (χ1n) is 13.6. The maximum absolute atomic E-state index is 14.2. The molecule has 4 heteroatoms. The molecule has 188 valence electrons. The van der Waals surface area contributed by atoms with E-state index in [-0.39, 0.29) is 50.6 Å². The Bertz CT molecular complexity index is 1010. The highest BCUT2D eigenvalue weighted by Gasteiger charge is 2.70. The molecule has 0 aromatic carbocycles. The highest BCUT2D eigenvalue weighted by molar-refractivity contribution is 5.96. The van der Waals surface area contributed by atoms with Crippen LogP contribution < -0.4 is 0 Å². The monoisotopic (exact) mass is 468 g/mol. The molecule has 1 N–H and O–H groups in total. The van der Waals surface area contributed by atoms with Crippen molar-refractivity contribution in [2.45, 2.75) is 106 Å². The first-order chi connectivity index (χ1) is 15.6. The molecule has 0 radical (unpaired) electrons. The van der Waals surface area contributed by atoms with Crippen molar-refractivity contribution in [3.8, 4) is 0 Å². The van der Waals surface area contributed by atoms with Gasteiger partial charge >= 0.3 is 5.97 Å². The van der Waals surface area contributed by atoms with Crippen molar-refractivity contribution in [3.05, 3.63) is 11.6 Å². The van der Waals surface area contributed by atoms with Crippen LogP contribution in [0.25, 0.3) is 0 Å². The fourth-order valence-corrected chi connectivity index (χ4v) is 10.2. The molecule has 4 saturated carbocycles. The van der Waals surface area contributed by atoms with Crippen molar-refractivity contribution < 1.29 is 19.5 Å². The van der Waals surface area contributed by atoms with Crippen molar-refractivity contribution in [1.82, 2.24) is 0 Å². The lowest BCUT2D eigenvalue weighted by atomic mass is 9.33.